The summed E-state index contributed by atoms with van der Waals surface area (Å²) in [5.74, 6) is 0. The standard InChI is InChI=1S/C10H16ClN2O13P3S/c1-4-2-13(10(30)12-8(4)15)9-6(11)7(14)5(24-9)3-23-28(19,20)26-29(21,22)25-27(16,17)18/h2,5-7,9,14H,3H2,1H3,(H,19,20)(H,21,22)(H,12,15,30)(H2,16,17,18)/t5-,6?,7+,9-/m0/s1. The molecule has 172 valence electrons. The predicted molar refractivity (Wildman–Crippen MR) is 100.0 cm³/mol. The first kappa shape index (κ1) is 26.0. The Balaban J connectivity index is 2.09. The number of aliphatic hydroxyl groups is 1. The van der Waals surface area contributed by atoms with Crippen LogP contribution in [0.3, 0.4) is 0 Å². The monoisotopic (exact) mass is 532 g/mol. The van der Waals surface area contributed by atoms with Gasteiger partial charge in [0.1, 0.15) is 17.6 Å². The summed E-state index contributed by atoms with van der Waals surface area (Å²) in [6, 6.07) is 0. The number of phosphoric ester groups is 1. The van der Waals surface area contributed by atoms with E-state index >= 15 is 0 Å². The molecule has 0 spiro atoms. The Hall–Kier alpha value is -0.280. The maximum Gasteiger partial charge on any atom is 0.490 e. The highest BCUT2D eigenvalue weighted by Crippen LogP contribution is 2.66. The number of aryl methyl sites for hydroxylation is 1. The van der Waals surface area contributed by atoms with Gasteiger partial charge in [0.2, 0.25) is 0 Å². The quantitative estimate of drug-likeness (QED) is 0.151. The number of H-pyrrole nitrogens is 1. The second-order valence-corrected chi connectivity index (χ2v) is 11.2. The number of hydrogen-bond donors (Lipinski definition) is 6. The van der Waals surface area contributed by atoms with Gasteiger partial charge in [-0.2, -0.15) is 8.62 Å². The number of halogens is 1. The molecule has 0 aliphatic carbocycles. The van der Waals surface area contributed by atoms with Gasteiger partial charge in [0.05, 0.1) is 6.61 Å². The molecule has 0 saturated carbocycles. The van der Waals surface area contributed by atoms with Crippen molar-refractivity contribution in [1.82, 2.24) is 9.55 Å². The Bertz CT molecular complexity index is 1050. The third kappa shape index (κ3) is 6.86. The zero-order valence-corrected chi connectivity index (χ0v) is 18.9. The maximum atomic E-state index is 11.8. The fraction of sp³-hybridized carbons (Fsp3) is 0.600. The van der Waals surface area contributed by atoms with Crippen LogP contribution in [0, 0.1) is 11.7 Å². The minimum Gasteiger partial charge on any atom is -0.389 e. The van der Waals surface area contributed by atoms with Gasteiger partial charge in [0.15, 0.2) is 11.0 Å². The van der Waals surface area contributed by atoms with Gasteiger partial charge < -0.3 is 29.4 Å². The first-order chi connectivity index (χ1) is 13.5. The topological polar surface area (TPSA) is 227 Å². The largest absolute Gasteiger partial charge is 0.490 e. The molecule has 6 N–H and O–H groups in total. The van der Waals surface area contributed by atoms with Crippen molar-refractivity contribution in [2.75, 3.05) is 6.61 Å². The van der Waals surface area contributed by atoms with Crippen LogP contribution < -0.4 is 5.56 Å². The lowest BCUT2D eigenvalue weighted by Gasteiger charge is -2.19. The summed E-state index contributed by atoms with van der Waals surface area (Å²) in [6.07, 6.45) is -2.66. The second kappa shape index (κ2) is 9.30. The van der Waals surface area contributed by atoms with E-state index in [1.807, 2.05) is 0 Å². The van der Waals surface area contributed by atoms with Crippen molar-refractivity contribution in [1.29, 1.82) is 0 Å². The number of aromatic nitrogens is 2. The molecule has 0 bridgehead atoms. The average Bonchev–Trinajstić information content (AvgIpc) is 2.81. The minimum atomic E-state index is -5.68. The Labute approximate surface area is 177 Å². The number of hydrogen-bond acceptors (Lipinski definition) is 10. The molecule has 2 heterocycles. The van der Waals surface area contributed by atoms with E-state index in [1.165, 1.54) is 17.7 Å². The van der Waals surface area contributed by atoms with Crippen molar-refractivity contribution >= 4 is 47.3 Å². The zero-order chi connectivity index (χ0) is 23.1. The number of nitrogens with zero attached hydrogens (tertiary/aromatic N) is 1. The number of aromatic amines is 1. The van der Waals surface area contributed by atoms with Gasteiger partial charge in [-0.3, -0.25) is 18.9 Å². The molecule has 3 unspecified atom stereocenters. The SMILES string of the molecule is Cc1cn([C@H]2O[C@@H](COP(=O)(O)OP(=O)(O)OP(=O)(O)O)[C@@H](O)C2Cl)c(=S)[nH]c1=O. The van der Waals surface area contributed by atoms with Crippen LogP contribution in [0.2, 0.25) is 0 Å². The van der Waals surface area contributed by atoms with Crippen LogP contribution in [0.15, 0.2) is 11.0 Å². The van der Waals surface area contributed by atoms with Gasteiger partial charge in [0, 0.05) is 11.8 Å². The van der Waals surface area contributed by atoms with Crippen LogP contribution in [-0.4, -0.2) is 58.4 Å². The molecule has 1 aromatic rings. The van der Waals surface area contributed by atoms with Crippen LogP contribution in [-0.2, 0) is 31.6 Å². The van der Waals surface area contributed by atoms with E-state index < -0.39 is 59.4 Å². The molecule has 0 aromatic carbocycles. The molecular weight excluding hydrogens is 517 g/mol. The first-order valence-corrected chi connectivity index (χ1v) is 13.0. The zero-order valence-electron chi connectivity index (χ0n) is 14.7. The Morgan fingerprint density at radius 1 is 1.23 bits per heavy atom. The predicted octanol–water partition coefficient (Wildman–Crippen LogP) is 0.423. The van der Waals surface area contributed by atoms with E-state index in [1.54, 1.807) is 0 Å². The molecule has 6 atom stereocenters. The van der Waals surface area contributed by atoms with Crippen molar-refractivity contribution in [2.45, 2.75) is 30.7 Å². The van der Waals surface area contributed by atoms with Gasteiger partial charge in [-0.1, -0.05) is 0 Å². The van der Waals surface area contributed by atoms with Crippen molar-refractivity contribution < 1.29 is 56.3 Å². The van der Waals surface area contributed by atoms with E-state index in [-0.39, 0.29) is 10.3 Å². The summed E-state index contributed by atoms with van der Waals surface area (Å²) >= 11 is 11.1. The van der Waals surface area contributed by atoms with Crippen molar-refractivity contribution in [3.63, 3.8) is 0 Å². The van der Waals surface area contributed by atoms with Crippen LogP contribution in [0.1, 0.15) is 11.8 Å². The third-order valence-electron chi connectivity index (χ3n) is 3.53. The molecule has 15 nitrogen and oxygen atoms in total. The number of aliphatic hydroxyl groups excluding tert-OH is 1. The molecule has 2 rings (SSSR count). The van der Waals surface area contributed by atoms with Crippen LogP contribution in [0.5, 0.6) is 0 Å². The molecule has 1 saturated heterocycles. The fourth-order valence-electron chi connectivity index (χ4n) is 2.31. The van der Waals surface area contributed by atoms with Gasteiger partial charge >= 0.3 is 23.5 Å². The van der Waals surface area contributed by atoms with E-state index in [9.17, 15) is 28.5 Å². The lowest BCUT2D eigenvalue weighted by Crippen LogP contribution is -2.31. The lowest BCUT2D eigenvalue weighted by atomic mass is 10.2. The molecule has 1 fully saturated rings. The smallest absolute Gasteiger partial charge is 0.389 e. The maximum absolute atomic E-state index is 11.8. The molecule has 1 aliphatic rings. The van der Waals surface area contributed by atoms with Gasteiger partial charge in [-0.15, -0.1) is 11.6 Å². The van der Waals surface area contributed by atoms with Gasteiger partial charge in [-0.05, 0) is 19.1 Å². The number of ether oxygens (including phenoxy) is 1. The summed E-state index contributed by atoms with van der Waals surface area (Å²) < 4.78 is 51.8. The van der Waals surface area contributed by atoms with E-state index in [2.05, 4.69) is 18.1 Å². The Morgan fingerprint density at radius 2 is 1.83 bits per heavy atom. The fourth-order valence-corrected chi connectivity index (χ4v) is 5.93. The Kier molecular flexibility index (Phi) is 8.05. The highest BCUT2D eigenvalue weighted by atomic mass is 35.5. The van der Waals surface area contributed by atoms with Crippen LogP contribution >= 0.6 is 47.3 Å². The first-order valence-electron chi connectivity index (χ1n) is 7.59. The van der Waals surface area contributed by atoms with Crippen molar-refractivity contribution in [2.24, 2.45) is 0 Å². The van der Waals surface area contributed by atoms with Crippen LogP contribution in [0.25, 0.3) is 0 Å². The number of phosphoric acid groups is 3. The average molecular weight is 533 g/mol. The highest BCUT2D eigenvalue weighted by Gasteiger charge is 2.46. The molecule has 1 aromatic heterocycles. The molecular formula is C10H16ClN2O13P3S. The summed E-state index contributed by atoms with van der Waals surface area (Å²) in [5, 5.41) is 9.03. The van der Waals surface area contributed by atoms with Crippen molar-refractivity contribution in [3.8, 4) is 0 Å². The Morgan fingerprint density at radius 3 is 2.40 bits per heavy atom. The second-order valence-electron chi connectivity index (χ2n) is 5.87. The minimum absolute atomic E-state index is 0.0815. The molecule has 0 radical (unpaired) electrons. The van der Waals surface area contributed by atoms with Crippen molar-refractivity contribution in [3.05, 3.63) is 26.9 Å². The third-order valence-corrected chi connectivity index (χ3v) is 8.12. The van der Waals surface area contributed by atoms with E-state index in [4.69, 9.17) is 43.2 Å². The van der Waals surface area contributed by atoms with E-state index in [0.29, 0.717) is 0 Å². The van der Waals surface area contributed by atoms with Gasteiger partial charge in [0.25, 0.3) is 5.56 Å². The molecule has 0 amide bonds. The normalized spacial score (nSPS) is 28.8. The van der Waals surface area contributed by atoms with Crippen LogP contribution in [0.4, 0.5) is 0 Å². The molecule has 30 heavy (non-hydrogen) atoms. The summed E-state index contributed by atoms with van der Waals surface area (Å²) in [4.78, 5) is 49.5. The molecule has 20 heteroatoms. The highest BCUT2D eigenvalue weighted by molar-refractivity contribution is 7.71. The van der Waals surface area contributed by atoms with E-state index in [0.717, 1.165) is 0 Å². The summed E-state index contributed by atoms with van der Waals surface area (Å²) in [6.45, 7) is 0.575. The number of alkyl halides is 1. The number of nitrogens with one attached hydrogen (secondary N) is 1. The number of rotatable bonds is 8. The summed E-state index contributed by atoms with van der Waals surface area (Å²) in [5.41, 5.74) is -0.201. The lowest BCUT2D eigenvalue weighted by molar-refractivity contribution is -0.0443. The molecule has 1 aliphatic heterocycles. The van der Waals surface area contributed by atoms with Gasteiger partial charge in [-0.25, -0.2) is 13.7 Å². The summed E-state index contributed by atoms with van der Waals surface area (Å²) in [7, 11) is -16.6.